The molecule has 0 radical (unpaired) electrons. The number of ether oxygens (including phenoxy) is 1. The van der Waals surface area contributed by atoms with E-state index in [2.05, 4.69) is 25.9 Å². The number of H-pyrrole nitrogens is 1. The van der Waals surface area contributed by atoms with E-state index in [9.17, 15) is 19.2 Å². The molecule has 0 spiro atoms. The normalized spacial score (nSPS) is 14.5. The van der Waals surface area contributed by atoms with Gasteiger partial charge >= 0.3 is 5.97 Å². The Balaban J connectivity index is 1.55. The molecule has 1 atom stereocenters. The molecule has 0 saturated carbocycles. The van der Waals surface area contributed by atoms with Crippen LogP contribution in [-0.2, 0) is 14.3 Å². The Bertz CT molecular complexity index is 1300. The van der Waals surface area contributed by atoms with Gasteiger partial charge in [0.1, 0.15) is 5.82 Å². The van der Waals surface area contributed by atoms with E-state index in [1.807, 2.05) is 0 Å². The first-order valence-electron chi connectivity index (χ1n) is 10.4. The van der Waals surface area contributed by atoms with Gasteiger partial charge in [0.2, 0.25) is 17.8 Å². The summed E-state index contributed by atoms with van der Waals surface area (Å²) in [4.78, 5) is 56.7. The number of esters is 1. The van der Waals surface area contributed by atoms with Gasteiger partial charge in [-0.15, -0.1) is 0 Å². The van der Waals surface area contributed by atoms with Crippen LogP contribution in [-0.4, -0.2) is 34.4 Å². The van der Waals surface area contributed by atoms with Crippen LogP contribution in [0.5, 0.6) is 0 Å². The molecule has 1 unspecified atom stereocenters. The molecular weight excluding hydrogens is 462 g/mol. The molecule has 1 aliphatic heterocycles. The van der Waals surface area contributed by atoms with Crippen molar-refractivity contribution >= 4 is 52.5 Å². The zero-order valence-electron chi connectivity index (χ0n) is 18.0. The van der Waals surface area contributed by atoms with Crippen LogP contribution in [0.2, 0.25) is 5.02 Å². The molecule has 4 rings (SSSR count). The van der Waals surface area contributed by atoms with Crippen molar-refractivity contribution in [3.05, 3.63) is 75.0 Å². The number of hydrogen-bond donors (Lipinski definition) is 4. The van der Waals surface area contributed by atoms with Crippen molar-refractivity contribution in [2.75, 3.05) is 22.6 Å². The van der Waals surface area contributed by atoms with Gasteiger partial charge in [-0.3, -0.25) is 19.4 Å². The molecule has 0 saturated heterocycles. The Morgan fingerprint density at radius 2 is 1.76 bits per heavy atom. The van der Waals surface area contributed by atoms with Crippen molar-refractivity contribution in [3.63, 3.8) is 0 Å². The summed E-state index contributed by atoms with van der Waals surface area (Å²) < 4.78 is 4.93. The van der Waals surface area contributed by atoms with E-state index in [0.29, 0.717) is 22.0 Å². The maximum Gasteiger partial charge on any atom is 0.338 e. The Hall–Kier alpha value is -4.18. The molecule has 10 nitrogen and oxygen atoms in total. The number of anilines is 4. The zero-order valence-corrected chi connectivity index (χ0v) is 18.7. The number of carbonyl (C=O) groups is 3. The van der Waals surface area contributed by atoms with E-state index in [4.69, 9.17) is 16.3 Å². The van der Waals surface area contributed by atoms with E-state index in [1.54, 1.807) is 31.2 Å². The number of benzene rings is 2. The van der Waals surface area contributed by atoms with Crippen LogP contribution in [0.3, 0.4) is 0 Å². The Morgan fingerprint density at radius 3 is 2.44 bits per heavy atom. The monoisotopic (exact) mass is 481 g/mol. The van der Waals surface area contributed by atoms with E-state index in [0.717, 1.165) is 0 Å². The van der Waals surface area contributed by atoms with Crippen LogP contribution in [0.25, 0.3) is 0 Å². The van der Waals surface area contributed by atoms with E-state index >= 15 is 0 Å². The molecule has 0 fully saturated rings. The lowest BCUT2D eigenvalue weighted by atomic mass is 9.92. The van der Waals surface area contributed by atoms with Gasteiger partial charge in [-0.2, -0.15) is 4.98 Å². The molecule has 174 valence electrons. The van der Waals surface area contributed by atoms with Gasteiger partial charge in [0.15, 0.2) is 0 Å². The summed E-state index contributed by atoms with van der Waals surface area (Å²) in [5.41, 5.74) is 0.857. The third-order valence-corrected chi connectivity index (χ3v) is 5.29. The number of nitrogens with zero attached hydrogens (tertiary/aromatic N) is 1. The third kappa shape index (κ3) is 5.07. The average molecular weight is 482 g/mol. The van der Waals surface area contributed by atoms with Crippen LogP contribution in [0, 0.1) is 0 Å². The van der Waals surface area contributed by atoms with Crippen molar-refractivity contribution in [2.45, 2.75) is 19.3 Å². The quantitative estimate of drug-likeness (QED) is 0.395. The number of halogens is 1. The second-order valence-corrected chi connectivity index (χ2v) is 7.84. The van der Waals surface area contributed by atoms with Gasteiger partial charge in [0.05, 0.1) is 23.7 Å². The maximum absolute atomic E-state index is 13.0. The fourth-order valence-corrected chi connectivity index (χ4v) is 3.58. The summed E-state index contributed by atoms with van der Waals surface area (Å²) in [6.45, 7) is 1.96. The average Bonchev–Trinajstić information content (AvgIpc) is 2.80. The highest BCUT2D eigenvalue weighted by molar-refractivity contribution is 6.30. The highest BCUT2D eigenvalue weighted by Crippen LogP contribution is 2.30. The van der Waals surface area contributed by atoms with E-state index in [-0.39, 0.29) is 30.4 Å². The number of hydrogen-bond acceptors (Lipinski definition) is 7. The standard InChI is InChI=1S/C23H20ClN5O5/c1-2-34-22(33)12-3-7-14(8-4-12)25-20(31)16-11-17(30)27-19-18(16)21(32)29-23(28-19)26-15-9-5-13(24)6-10-15/h3-10,16H,2,11H2,1H3,(H,25,31)(H3,26,27,28,29,30,32). The largest absolute Gasteiger partial charge is 0.462 e. The Morgan fingerprint density at radius 1 is 1.09 bits per heavy atom. The second kappa shape index (κ2) is 9.75. The lowest BCUT2D eigenvalue weighted by Gasteiger charge is -2.23. The predicted octanol–water partition coefficient (Wildman–Crippen LogP) is 3.41. The van der Waals surface area contributed by atoms with Crippen LogP contribution >= 0.6 is 11.6 Å². The molecule has 2 heterocycles. The van der Waals surface area contributed by atoms with Crippen molar-refractivity contribution in [2.24, 2.45) is 0 Å². The highest BCUT2D eigenvalue weighted by Gasteiger charge is 2.34. The van der Waals surface area contributed by atoms with Crippen LogP contribution in [0.15, 0.2) is 53.3 Å². The van der Waals surface area contributed by atoms with Gasteiger partial charge in [-0.05, 0) is 55.5 Å². The van der Waals surface area contributed by atoms with E-state index in [1.165, 1.54) is 24.3 Å². The molecule has 34 heavy (non-hydrogen) atoms. The Labute approximate surface area is 198 Å². The van der Waals surface area contributed by atoms with Crippen molar-refractivity contribution in [1.29, 1.82) is 0 Å². The summed E-state index contributed by atoms with van der Waals surface area (Å²) >= 11 is 5.88. The molecule has 0 bridgehead atoms. The van der Waals surface area contributed by atoms with Crippen molar-refractivity contribution in [3.8, 4) is 0 Å². The first-order valence-corrected chi connectivity index (χ1v) is 10.8. The molecule has 1 aromatic heterocycles. The summed E-state index contributed by atoms with van der Waals surface area (Å²) in [5.74, 6) is -2.41. The number of aromatic amines is 1. The number of amides is 2. The minimum Gasteiger partial charge on any atom is -0.462 e. The molecule has 1 aliphatic rings. The lowest BCUT2D eigenvalue weighted by Crippen LogP contribution is -2.36. The molecule has 2 aromatic carbocycles. The number of nitrogens with one attached hydrogen (secondary N) is 4. The minimum absolute atomic E-state index is 0.00859. The molecule has 2 amide bonds. The second-order valence-electron chi connectivity index (χ2n) is 7.40. The summed E-state index contributed by atoms with van der Waals surface area (Å²) in [6, 6.07) is 12.8. The fourth-order valence-electron chi connectivity index (χ4n) is 3.46. The lowest BCUT2D eigenvalue weighted by molar-refractivity contribution is -0.123. The number of rotatable bonds is 6. The summed E-state index contributed by atoms with van der Waals surface area (Å²) in [5, 5.41) is 8.71. The predicted molar refractivity (Wildman–Crippen MR) is 127 cm³/mol. The molecule has 0 aliphatic carbocycles. The van der Waals surface area contributed by atoms with Crippen molar-refractivity contribution in [1.82, 2.24) is 9.97 Å². The van der Waals surface area contributed by atoms with Crippen LogP contribution < -0.4 is 21.5 Å². The number of aromatic nitrogens is 2. The van der Waals surface area contributed by atoms with Gasteiger partial charge in [-0.25, -0.2) is 4.79 Å². The molecule has 3 aromatic rings. The van der Waals surface area contributed by atoms with Crippen LogP contribution in [0.4, 0.5) is 23.1 Å². The fraction of sp³-hybridized carbons (Fsp3) is 0.174. The number of fused-ring (bicyclic) bond motifs is 1. The maximum atomic E-state index is 13.0. The summed E-state index contributed by atoms with van der Waals surface area (Å²) in [6.07, 6.45) is -0.214. The third-order valence-electron chi connectivity index (χ3n) is 5.04. The highest BCUT2D eigenvalue weighted by atomic mass is 35.5. The SMILES string of the molecule is CCOC(=O)c1ccc(NC(=O)C2CC(=O)Nc3nc(Nc4ccc(Cl)cc4)[nH]c(=O)c32)cc1. The smallest absolute Gasteiger partial charge is 0.338 e. The topological polar surface area (TPSA) is 142 Å². The number of carbonyl (C=O) groups excluding carboxylic acids is 3. The molecule has 4 N–H and O–H groups in total. The summed E-state index contributed by atoms with van der Waals surface area (Å²) in [7, 11) is 0. The zero-order chi connectivity index (χ0) is 24.2. The minimum atomic E-state index is -1.05. The first kappa shape index (κ1) is 23.0. The van der Waals surface area contributed by atoms with Gasteiger partial charge in [0, 0.05) is 22.8 Å². The Kier molecular flexibility index (Phi) is 6.60. The van der Waals surface area contributed by atoms with Crippen LogP contribution in [0.1, 0.15) is 35.2 Å². The molecular formula is C23H20ClN5O5. The van der Waals surface area contributed by atoms with E-state index < -0.39 is 29.3 Å². The van der Waals surface area contributed by atoms with Gasteiger partial charge in [0.25, 0.3) is 5.56 Å². The first-order chi connectivity index (χ1) is 16.3. The molecule has 11 heteroatoms. The van der Waals surface area contributed by atoms with Gasteiger partial charge < -0.3 is 20.7 Å². The van der Waals surface area contributed by atoms with Crippen molar-refractivity contribution < 1.29 is 19.1 Å². The van der Waals surface area contributed by atoms with Gasteiger partial charge in [-0.1, -0.05) is 11.6 Å².